The van der Waals surface area contributed by atoms with Gasteiger partial charge in [-0.1, -0.05) is 6.04 Å². The van der Waals surface area contributed by atoms with Crippen molar-refractivity contribution in [3.63, 3.8) is 0 Å². The molecule has 0 aromatic rings. The van der Waals surface area contributed by atoms with E-state index in [1.807, 2.05) is 0 Å². The molecule has 0 saturated carbocycles. The van der Waals surface area contributed by atoms with Crippen LogP contribution in [0.1, 0.15) is 6.42 Å². The van der Waals surface area contributed by atoms with Crippen molar-refractivity contribution in [2.75, 3.05) is 6.54 Å². The van der Waals surface area contributed by atoms with Crippen LogP contribution < -0.4 is 10.6 Å². The predicted octanol–water partition coefficient (Wildman–Crippen LogP) is -0.915. The van der Waals surface area contributed by atoms with Crippen LogP contribution in [0.5, 0.6) is 0 Å². The van der Waals surface area contributed by atoms with Crippen molar-refractivity contribution in [2.45, 2.75) is 18.5 Å². The number of aliphatic carboxylic acids is 2. The number of carboxylic acids is 2. The maximum Gasteiger partial charge on any atom is 0.320 e. The third-order valence-electron chi connectivity index (χ3n) is 1.67. The van der Waals surface area contributed by atoms with Crippen molar-refractivity contribution in [3.05, 3.63) is 14.0 Å². The average molecular weight is 291 g/mol. The molecule has 1 aliphatic rings. The van der Waals surface area contributed by atoms with Crippen molar-refractivity contribution < 1.29 is 52.5 Å². The van der Waals surface area contributed by atoms with Crippen molar-refractivity contribution in [1.82, 2.24) is 10.6 Å². The van der Waals surface area contributed by atoms with E-state index in [0.29, 0.717) is 0 Å². The second kappa shape index (κ2) is 9.21. The number of carboxylic acid groups (broad SMARTS) is 2. The molecule has 1 radical (unpaired) electrons. The molecule has 7 heteroatoms. The third-order valence-corrected chi connectivity index (χ3v) is 1.67. The average Bonchev–Trinajstić information content (AvgIpc) is 1.99. The molecule has 0 aromatic heterocycles. The monoisotopic (exact) mass is 291 g/mol. The van der Waals surface area contributed by atoms with Crippen LogP contribution in [-0.2, 0) is 42.3 Å². The number of hydrogen-bond donors (Lipinski definition) is 4. The van der Waals surface area contributed by atoms with Crippen molar-refractivity contribution in [2.24, 2.45) is 0 Å². The van der Waals surface area contributed by atoms with Gasteiger partial charge in [0.2, 0.25) is 0 Å². The summed E-state index contributed by atoms with van der Waals surface area (Å²) in [5, 5.41) is 21.1. The van der Waals surface area contributed by atoms with Crippen molar-refractivity contribution >= 4 is 11.9 Å². The van der Waals surface area contributed by atoms with E-state index in [2.05, 4.69) is 24.6 Å². The summed E-state index contributed by atoms with van der Waals surface area (Å²) in [6.45, 7) is 4.04. The molecule has 85 valence electrons. The van der Waals surface area contributed by atoms with Gasteiger partial charge in [-0.2, -0.15) is 0 Å². The van der Waals surface area contributed by atoms with Gasteiger partial charge in [0, 0.05) is 32.7 Å². The van der Waals surface area contributed by atoms with Gasteiger partial charge >= 0.3 is 5.97 Å². The molecule has 0 spiro atoms. The Hall–Kier alpha value is -0.0361. The maximum atomic E-state index is 9.92. The fourth-order valence-electron chi connectivity index (χ4n) is 0.587. The third kappa shape index (κ3) is 7.84. The van der Waals surface area contributed by atoms with Crippen LogP contribution in [0, 0.1) is 14.0 Å². The topological polar surface area (TPSA) is 98.7 Å². The molecule has 1 heterocycles. The van der Waals surface area contributed by atoms with Gasteiger partial charge in [-0.05, 0) is 13.0 Å². The van der Waals surface area contributed by atoms with E-state index < -0.39 is 18.0 Å². The van der Waals surface area contributed by atoms with Crippen LogP contribution in [0.25, 0.3) is 0 Å². The van der Waals surface area contributed by atoms with Gasteiger partial charge in [-0.3, -0.25) is 16.6 Å². The van der Waals surface area contributed by atoms with Crippen LogP contribution in [0.15, 0.2) is 0 Å². The van der Waals surface area contributed by atoms with E-state index >= 15 is 0 Å². The molecule has 1 saturated heterocycles. The van der Waals surface area contributed by atoms with E-state index in [1.54, 1.807) is 0 Å². The van der Waals surface area contributed by atoms with Crippen LogP contribution >= 0.6 is 0 Å². The van der Waals surface area contributed by atoms with Crippen LogP contribution in [0.3, 0.4) is 0 Å². The van der Waals surface area contributed by atoms with Gasteiger partial charge < -0.3 is 27.8 Å². The second-order valence-corrected chi connectivity index (χ2v) is 2.73. The summed E-state index contributed by atoms with van der Waals surface area (Å²) < 4.78 is 0. The van der Waals surface area contributed by atoms with Crippen LogP contribution in [0.2, 0.25) is 0 Å². The van der Waals surface area contributed by atoms with Crippen molar-refractivity contribution in [1.29, 1.82) is 0 Å². The molecule has 15 heavy (non-hydrogen) atoms. The zero-order valence-corrected chi connectivity index (χ0v) is 11.1. The predicted molar refractivity (Wildman–Crippen MR) is 49.3 cm³/mol. The Balaban J connectivity index is 0. The zero-order valence-electron chi connectivity index (χ0n) is 8.27. The minimum Gasteiger partial charge on any atom is -0.487 e. The van der Waals surface area contributed by atoms with Gasteiger partial charge in [-0.25, -0.2) is 0 Å². The molecule has 6 nitrogen and oxygen atoms in total. The Bertz CT molecular complexity index is 194. The molecule has 0 aliphatic carbocycles. The molecule has 0 bridgehead atoms. The molecular formula is C8H14N2O4Y-2. The van der Waals surface area contributed by atoms with Gasteiger partial charge in [0.05, 0.1) is 0 Å². The first kappa shape index (κ1) is 17.4. The molecule has 1 fully saturated rings. The second-order valence-electron chi connectivity index (χ2n) is 2.73. The van der Waals surface area contributed by atoms with E-state index in [1.165, 1.54) is 0 Å². The standard InChI is InChI=1S/2C4H7NO2.Y/c6-4(7)3-1-2-5-3;1-3(5-2)4(6)7;/h2*3,5H,1-2H2,(H,6,7);/q;-2;. The molecular weight excluding hydrogens is 277 g/mol. The van der Waals surface area contributed by atoms with Gasteiger partial charge in [0.1, 0.15) is 6.04 Å². The Kier molecular flexibility index (Phi) is 10.7. The fourth-order valence-corrected chi connectivity index (χ4v) is 0.587. The minimum absolute atomic E-state index is 0. The SMILES string of the molecule is O=C(O)C1CCN1.[CH2-]NC([CH2-])C(=O)O.[Y]. The number of rotatable bonds is 3. The Morgan fingerprint density at radius 3 is 1.93 bits per heavy atom. The van der Waals surface area contributed by atoms with Crippen molar-refractivity contribution in [3.8, 4) is 0 Å². The largest absolute Gasteiger partial charge is 0.487 e. The fraction of sp³-hybridized carbons (Fsp3) is 0.500. The van der Waals surface area contributed by atoms with E-state index in [9.17, 15) is 9.59 Å². The molecule has 1 aliphatic heterocycles. The number of nitrogens with one attached hydrogen (secondary N) is 2. The zero-order chi connectivity index (χ0) is 11.1. The smallest absolute Gasteiger partial charge is 0.320 e. The molecule has 1 rings (SSSR count). The van der Waals surface area contributed by atoms with Gasteiger partial charge in [-0.15, -0.1) is 0 Å². The first-order valence-electron chi connectivity index (χ1n) is 4.03. The van der Waals surface area contributed by atoms with E-state index in [-0.39, 0.29) is 38.8 Å². The summed E-state index contributed by atoms with van der Waals surface area (Å²) >= 11 is 0. The Labute approximate surface area is 114 Å². The van der Waals surface area contributed by atoms with E-state index in [0.717, 1.165) is 13.0 Å². The molecule has 0 aromatic carbocycles. The van der Waals surface area contributed by atoms with Crippen LogP contribution in [-0.4, -0.2) is 40.8 Å². The maximum absolute atomic E-state index is 9.92. The summed E-state index contributed by atoms with van der Waals surface area (Å²) in [6.07, 6.45) is 0.787. The number of carbonyl (C=O) groups is 2. The minimum atomic E-state index is -0.991. The molecule has 2 unspecified atom stereocenters. The Morgan fingerprint density at radius 2 is 1.93 bits per heavy atom. The van der Waals surface area contributed by atoms with Crippen LogP contribution in [0.4, 0.5) is 0 Å². The summed E-state index contributed by atoms with van der Waals surface area (Å²) in [5.74, 6) is -1.72. The normalized spacial score (nSPS) is 19.7. The molecule has 2 atom stereocenters. The molecule has 4 N–H and O–H groups in total. The first-order valence-corrected chi connectivity index (χ1v) is 4.03. The summed E-state index contributed by atoms with van der Waals surface area (Å²) in [7, 11) is 3.11. The van der Waals surface area contributed by atoms with Gasteiger partial charge in [0.25, 0.3) is 5.97 Å². The number of hydrogen-bond acceptors (Lipinski definition) is 4. The Morgan fingerprint density at radius 1 is 1.47 bits per heavy atom. The molecule has 0 amide bonds. The first-order chi connectivity index (χ1) is 6.49. The quantitative estimate of drug-likeness (QED) is 0.502. The summed E-state index contributed by atoms with van der Waals surface area (Å²) in [6, 6.07) is -1.04. The van der Waals surface area contributed by atoms with Gasteiger partial charge in [0.15, 0.2) is 0 Å². The summed E-state index contributed by atoms with van der Waals surface area (Å²) in [5.41, 5.74) is 0. The summed E-state index contributed by atoms with van der Waals surface area (Å²) in [4.78, 5) is 19.7. The van der Waals surface area contributed by atoms with E-state index in [4.69, 9.17) is 10.2 Å².